The van der Waals surface area contributed by atoms with Crippen LogP contribution < -0.4 is 5.32 Å². The Bertz CT molecular complexity index is 742. The van der Waals surface area contributed by atoms with E-state index in [4.69, 9.17) is 0 Å². The standard InChI is InChI=1S/C20H30FN5.HI/c1-15(2)19-17(14-26(5)24-19)13-25(4)20(22-3)23-11-7-9-16-8-6-10-18(21)12-16;/h6,8,10,12,14-15H,7,9,11,13H2,1-5H3,(H,22,23);1H. The molecular formula is C20H31FIN5. The molecule has 150 valence electrons. The maximum Gasteiger partial charge on any atom is 0.193 e. The van der Waals surface area contributed by atoms with Crippen LogP contribution in [0.1, 0.15) is 43.0 Å². The van der Waals surface area contributed by atoms with Crippen LogP contribution in [0.25, 0.3) is 0 Å². The van der Waals surface area contributed by atoms with E-state index in [1.54, 1.807) is 19.2 Å². The molecule has 1 N–H and O–H groups in total. The van der Waals surface area contributed by atoms with Crippen LogP contribution in [0.2, 0.25) is 0 Å². The lowest BCUT2D eigenvalue weighted by Gasteiger charge is -2.22. The number of guanidine groups is 1. The molecule has 0 aliphatic heterocycles. The maximum atomic E-state index is 13.2. The smallest absolute Gasteiger partial charge is 0.193 e. The van der Waals surface area contributed by atoms with E-state index in [-0.39, 0.29) is 29.8 Å². The number of aromatic nitrogens is 2. The highest BCUT2D eigenvalue weighted by molar-refractivity contribution is 14.0. The van der Waals surface area contributed by atoms with Crippen LogP contribution in [0, 0.1) is 5.82 Å². The summed E-state index contributed by atoms with van der Waals surface area (Å²) in [6.07, 6.45) is 3.83. The van der Waals surface area contributed by atoms with Gasteiger partial charge >= 0.3 is 0 Å². The number of aryl methyl sites for hydroxylation is 2. The van der Waals surface area contributed by atoms with Gasteiger partial charge in [-0.05, 0) is 36.5 Å². The highest BCUT2D eigenvalue weighted by atomic mass is 127. The van der Waals surface area contributed by atoms with Gasteiger partial charge in [-0.2, -0.15) is 5.10 Å². The number of benzene rings is 1. The Labute approximate surface area is 179 Å². The first-order chi connectivity index (χ1) is 12.4. The predicted molar refractivity (Wildman–Crippen MR) is 120 cm³/mol. The van der Waals surface area contributed by atoms with Crippen LogP contribution in [0.3, 0.4) is 0 Å². The van der Waals surface area contributed by atoms with Gasteiger partial charge in [0.15, 0.2) is 5.96 Å². The van der Waals surface area contributed by atoms with Crippen molar-refractivity contribution in [1.29, 1.82) is 0 Å². The molecule has 0 radical (unpaired) electrons. The molecule has 1 aromatic heterocycles. The molecule has 0 saturated carbocycles. The van der Waals surface area contributed by atoms with Crippen molar-refractivity contribution in [2.24, 2.45) is 12.0 Å². The Morgan fingerprint density at radius 3 is 2.74 bits per heavy atom. The van der Waals surface area contributed by atoms with E-state index in [1.807, 2.05) is 24.8 Å². The third kappa shape index (κ3) is 7.12. The fourth-order valence-corrected chi connectivity index (χ4v) is 3.06. The number of rotatable bonds is 7. The molecule has 1 heterocycles. The summed E-state index contributed by atoms with van der Waals surface area (Å²) in [6.45, 7) is 5.86. The van der Waals surface area contributed by atoms with Gasteiger partial charge < -0.3 is 10.2 Å². The van der Waals surface area contributed by atoms with E-state index in [0.29, 0.717) is 5.92 Å². The molecule has 2 aromatic rings. The molecule has 0 bridgehead atoms. The monoisotopic (exact) mass is 487 g/mol. The van der Waals surface area contributed by atoms with Crippen LogP contribution in [-0.4, -0.2) is 41.3 Å². The lowest BCUT2D eigenvalue weighted by atomic mass is 10.1. The molecule has 0 atom stereocenters. The molecule has 1 aromatic carbocycles. The minimum atomic E-state index is -0.177. The highest BCUT2D eigenvalue weighted by Gasteiger charge is 2.14. The molecule has 0 spiro atoms. The Balaban J connectivity index is 0.00000364. The van der Waals surface area contributed by atoms with Crippen molar-refractivity contribution in [3.8, 4) is 0 Å². The van der Waals surface area contributed by atoms with Crippen LogP contribution in [0.5, 0.6) is 0 Å². The van der Waals surface area contributed by atoms with E-state index >= 15 is 0 Å². The van der Waals surface area contributed by atoms with E-state index in [0.717, 1.165) is 43.1 Å². The molecule has 0 unspecified atom stereocenters. The normalized spacial score (nSPS) is 11.4. The van der Waals surface area contributed by atoms with E-state index < -0.39 is 0 Å². The van der Waals surface area contributed by atoms with Gasteiger partial charge in [0.05, 0.1) is 5.69 Å². The molecule has 5 nitrogen and oxygen atoms in total. The van der Waals surface area contributed by atoms with Gasteiger partial charge in [-0.3, -0.25) is 9.67 Å². The van der Waals surface area contributed by atoms with Crippen molar-refractivity contribution in [3.05, 3.63) is 53.1 Å². The molecular weight excluding hydrogens is 456 g/mol. The lowest BCUT2D eigenvalue weighted by molar-refractivity contribution is 0.472. The van der Waals surface area contributed by atoms with Crippen LogP contribution >= 0.6 is 24.0 Å². The van der Waals surface area contributed by atoms with E-state index in [2.05, 4.69) is 40.4 Å². The second-order valence-corrected chi connectivity index (χ2v) is 6.93. The molecule has 0 aliphatic carbocycles. The van der Waals surface area contributed by atoms with E-state index in [1.165, 1.54) is 11.6 Å². The number of hydrogen-bond acceptors (Lipinski definition) is 2. The summed E-state index contributed by atoms with van der Waals surface area (Å²) in [5, 5.41) is 7.95. The zero-order chi connectivity index (χ0) is 19.1. The maximum absolute atomic E-state index is 13.2. The number of aliphatic imine (C=N–C) groups is 1. The zero-order valence-corrected chi connectivity index (χ0v) is 19.2. The second kappa shape index (κ2) is 11.3. The summed E-state index contributed by atoms with van der Waals surface area (Å²) in [4.78, 5) is 6.47. The molecule has 0 amide bonds. The molecule has 0 aliphatic rings. The van der Waals surface area contributed by atoms with Gasteiger partial charge in [-0.15, -0.1) is 24.0 Å². The number of nitrogens with zero attached hydrogens (tertiary/aromatic N) is 4. The fourth-order valence-electron chi connectivity index (χ4n) is 3.06. The average molecular weight is 487 g/mol. The quantitative estimate of drug-likeness (QED) is 0.279. The van der Waals surface area contributed by atoms with Crippen LogP contribution in [0.4, 0.5) is 4.39 Å². The van der Waals surface area contributed by atoms with Crippen LogP contribution in [0.15, 0.2) is 35.5 Å². The first-order valence-electron chi connectivity index (χ1n) is 9.09. The van der Waals surface area contributed by atoms with Gasteiger partial charge in [0.1, 0.15) is 5.82 Å². The summed E-state index contributed by atoms with van der Waals surface area (Å²) in [5.74, 6) is 1.06. The Morgan fingerprint density at radius 2 is 2.11 bits per heavy atom. The SMILES string of the molecule is CN=C(NCCCc1cccc(F)c1)N(C)Cc1cn(C)nc1C(C)C.I. The highest BCUT2D eigenvalue weighted by Crippen LogP contribution is 2.18. The lowest BCUT2D eigenvalue weighted by Crippen LogP contribution is -2.39. The Hall–Kier alpha value is -1.64. The first-order valence-corrected chi connectivity index (χ1v) is 9.09. The molecule has 27 heavy (non-hydrogen) atoms. The van der Waals surface area contributed by atoms with Crippen molar-refractivity contribution >= 4 is 29.9 Å². The molecule has 0 saturated heterocycles. The predicted octanol–water partition coefficient (Wildman–Crippen LogP) is 3.94. The molecule has 2 rings (SSSR count). The topological polar surface area (TPSA) is 45.5 Å². The van der Waals surface area contributed by atoms with Gasteiger partial charge in [0, 0.05) is 46.0 Å². The van der Waals surface area contributed by atoms with Crippen molar-refractivity contribution < 1.29 is 4.39 Å². The Morgan fingerprint density at radius 1 is 1.37 bits per heavy atom. The second-order valence-electron chi connectivity index (χ2n) is 6.93. The minimum absolute atomic E-state index is 0. The van der Waals surface area contributed by atoms with Gasteiger partial charge in [0.25, 0.3) is 0 Å². The van der Waals surface area contributed by atoms with Crippen molar-refractivity contribution in [2.75, 3.05) is 20.6 Å². The molecule has 7 heteroatoms. The summed E-state index contributed by atoms with van der Waals surface area (Å²) >= 11 is 0. The average Bonchev–Trinajstić information content (AvgIpc) is 2.95. The zero-order valence-electron chi connectivity index (χ0n) is 16.9. The number of nitrogens with one attached hydrogen (secondary N) is 1. The summed E-state index contributed by atoms with van der Waals surface area (Å²) in [6, 6.07) is 6.78. The molecule has 0 fully saturated rings. The van der Waals surface area contributed by atoms with Crippen molar-refractivity contribution in [2.45, 2.75) is 39.2 Å². The first kappa shape index (κ1) is 23.4. The van der Waals surface area contributed by atoms with Gasteiger partial charge in [0.2, 0.25) is 0 Å². The van der Waals surface area contributed by atoms with Crippen LogP contribution in [-0.2, 0) is 20.0 Å². The number of halogens is 2. The summed E-state index contributed by atoms with van der Waals surface area (Å²) in [7, 11) is 5.77. The van der Waals surface area contributed by atoms with Crippen molar-refractivity contribution in [3.63, 3.8) is 0 Å². The third-order valence-electron chi connectivity index (χ3n) is 4.28. The minimum Gasteiger partial charge on any atom is -0.356 e. The van der Waals surface area contributed by atoms with E-state index in [9.17, 15) is 4.39 Å². The summed E-state index contributed by atoms with van der Waals surface area (Å²) < 4.78 is 15.1. The van der Waals surface area contributed by atoms with Gasteiger partial charge in [-0.25, -0.2) is 4.39 Å². The largest absolute Gasteiger partial charge is 0.356 e. The van der Waals surface area contributed by atoms with Crippen molar-refractivity contribution in [1.82, 2.24) is 20.0 Å². The fraction of sp³-hybridized carbons (Fsp3) is 0.500. The Kier molecular flexibility index (Phi) is 9.76. The third-order valence-corrected chi connectivity index (χ3v) is 4.28. The van der Waals surface area contributed by atoms with Gasteiger partial charge in [-0.1, -0.05) is 26.0 Å². The number of hydrogen-bond donors (Lipinski definition) is 1. The summed E-state index contributed by atoms with van der Waals surface area (Å²) in [5.41, 5.74) is 3.36.